The SMILES string of the molecule is C=C(CC(Cl)c1ccc(O)cc1)c1ccccc1. The molecule has 0 aromatic heterocycles. The molecule has 0 saturated heterocycles. The molecule has 1 N–H and O–H groups in total. The average molecular weight is 259 g/mol. The van der Waals surface area contributed by atoms with Crippen LogP contribution in [0.2, 0.25) is 0 Å². The van der Waals surface area contributed by atoms with Crippen LogP contribution in [-0.4, -0.2) is 5.11 Å². The summed E-state index contributed by atoms with van der Waals surface area (Å²) in [6.45, 7) is 4.07. The van der Waals surface area contributed by atoms with Gasteiger partial charge >= 0.3 is 0 Å². The molecule has 1 unspecified atom stereocenters. The number of aromatic hydroxyl groups is 1. The van der Waals surface area contributed by atoms with Gasteiger partial charge in [-0.1, -0.05) is 49.0 Å². The van der Waals surface area contributed by atoms with E-state index in [1.54, 1.807) is 12.1 Å². The van der Waals surface area contributed by atoms with Gasteiger partial charge in [-0.05, 0) is 35.3 Å². The number of halogens is 1. The fraction of sp³-hybridized carbons (Fsp3) is 0.125. The number of hydrogen-bond acceptors (Lipinski definition) is 1. The lowest BCUT2D eigenvalue weighted by Gasteiger charge is -2.12. The molecular formula is C16H15ClO. The quantitative estimate of drug-likeness (QED) is 0.783. The lowest BCUT2D eigenvalue weighted by Crippen LogP contribution is -1.92. The molecule has 2 rings (SSSR count). The van der Waals surface area contributed by atoms with Crippen molar-refractivity contribution in [2.75, 3.05) is 0 Å². The minimum atomic E-state index is -0.127. The van der Waals surface area contributed by atoms with E-state index >= 15 is 0 Å². The smallest absolute Gasteiger partial charge is 0.115 e. The molecule has 0 aliphatic carbocycles. The minimum absolute atomic E-state index is 0.127. The fourth-order valence-corrected chi connectivity index (χ4v) is 2.14. The molecule has 0 aliphatic heterocycles. The summed E-state index contributed by atoms with van der Waals surface area (Å²) in [6, 6.07) is 17.0. The van der Waals surface area contributed by atoms with Crippen LogP contribution in [0, 0.1) is 0 Å². The third kappa shape index (κ3) is 3.14. The van der Waals surface area contributed by atoms with Gasteiger partial charge in [-0.15, -0.1) is 11.6 Å². The predicted octanol–water partition coefficient (Wildman–Crippen LogP) is 4.78. The molecule has 0 radical (unpaired) electrons. The van der Waals surface area contributed by atoms with Gasteiger partial charge in [0.15, 0.2) is 0 Å². The maximum absolute atomic E-state index is 9.24. The molecular weight excluding hydrogens is 244 g/mol. The summed E-state index contributed by atoms with van der Waals surface area (Å²) in [5.74, 6) is 0.254. The fourth-order valence-electron chi connectivity index (χ4n) is 1.81. The molecule has 1 nitrogen and oxygen atoms in total. The number of alkyl halides is 1. The highest BCUT2D eigenvalue weighted by Gasteiger charge is 2.10. The molecule has 1 atom stereocenters. The van der Waals surface area contributed by atoms with E-state index in [4.69, 9.17) is 11.6 Å². The van der Waals surface area contributed by atoms with Gasteiger partial charge in [0.1, 0.15) is 5.75 Å². The first-order chi connectivity index (χ1) is 8.66. The molecule has 0 aliphatic rings. The van der Waals surface area contributed by atoms with Crippen LogP contribution in [0.4, 0.5) is 0 Å². The van der Waals surface area contributed by atoms with Gasteiger partial charge in [0.2, 0.25) is 0 Å². The Balaban J connectivity index is 2.06. The number of rotatable bonds is 4. The zero-order chi connectivity index (χ0) is 13.0. The van der Waals surface area contributed by atoms with Gasteiger partial charge in [-0.3, -0.25) is 0 Å². The second kappa shape index (κ2) is 5.74. The monoisotopic (exact) mass is 258 g/mol. The van der Waals surface area contributed by atoms with E-state index in [1.165, 1.54) is 0 Å². The molecule has 0 spiro atoms. The zero-order valence-electron chi connectivity index (χ0n) is 10.0. The van der Waals surface area contributed by atoms with E-state index in [2.05, 4.69) is 6.58 Å². The van der Waals surface area contributed by atoms with Gasteiger partial charge in [-0.2, -0.15) is 0 Å². The molecule has 2 aromatic carbocycles. The molecule has 0 heterocycles. The maximum atomic E-state index is 9.24. The van der Waals surface area contributed by atoms with Crippen molar-refractivity contribution < 1.29 is 5.11 Å². The first kappa shape index (κ1) is 12.7. The molecule has 2 heteroatoms. The number of phenolic OH excluding ortho intramolecular Hbond substituents is 1. The van der Waals surface area contributed by atoms with E-state index < -0.39 is 0 Å². The molecule has 0 fully saturated rings. The highest BCUT2D eigenvalue weighted by molar-refractivity contribution is 6.21. The molecule has 18 heavy (non-hydrogen) atoms. The van der Waals surface area contributed by atoms with E-state index in [9.17, 15) is 5.11 Å². The molecule has 0 amide bonds. The first-order valence-electron chi connectivity index (χ1n) is 5.83. The highest BCUT2D eigenvalue weighted by Crippen LogP contribution is 2.31. The topological polar surface area (TPSA) is 20.2 Å². The average Bonchev–Trinajstić information content (AvgIpc) is 2.40. The number of benzene rings is 2. The van der Waals surface area contributed by atoms with Crippen molar-refractivity contribution in [2.24, 2.45) is 0 Å². The second-order valence-electron chi connectivity index (χ2n) is 4.23. The second-order valence-corrected chi connectivity index (χ2v) is 4.76. The van der Waals surface area contributed by atoms with Crippen molar-refractivity contribution in [3.05, 3.63) is 72.3 Å². The van der Waals surface area contributed by atoms with E-state index in [-0.39, 0.29) is 11.1 Å². The van der Waals surface area contributed by atoms with Crippen LogP contribution in [0.3, 0.4) is 0 Å². The van der Waals surface area contributed by atoms with Crippen LogP contribution < -0.4 is 0 Å². The largest absolute Gasteiger partial charge is 0.508 e. The van der Waals surface area contributed by atoms with E-state index in [0.29, 0.717) is 6.42 Å². The van der Waals surface area contributed by atoms with Crippen molar-refractivity contribution >= 4 is 17.2 Å². The Morgan fingerprint density at radius 1 is 1.06 bits per heavy atom. The third-order valence-corrected chi connectivity index (χ3v) is 3.27. The Morgan fingerprint density at radius 2 is 1.67 bits per heavy atom. The van der Waals surface area contributed by atoms with E-state index in [1.807, 2.05) is 42.5 Å². The lowest BCUT2D eigenvalue weighted by molar-refractivity contribution is 0.475. The summed E-state index contributed by atoms with van der Waals surface area (Å²) < 4.78 is 0. The third-order valence-electron chi connectivity index (χ3n) is 2.86. The number of phenols is 1. The van der Waals surface area contributed by atoms with Crippen LogP contribution in [0.1, 0.15) is 22.9 Å². The van der Waals surface area contributed by atoms with Crippen LogP contribution >= 0.6 is 11.6 Å². The highest BCUT2D eigenvalue weighted by atomic mass is 35.5. The lowest BCUT2D eigenvalue weighted by atomic mass is 9.99. The standard InChI is InChI=1S/C16H15ClO/c1-12(13-5-3-2-4-6-13)11-16(17)14-7-9-15(18)10-8-14/h2-10,16,18H,1,11H2. The van der Waals surface area contributed by atoms with Gasteiger partial charge in [0, 0.05) is 0 Å². The molecule has 92 valence electrons. The van der Waals surface area contributed by atoms with Crippen LogP contribution in [-0.2, 0) is 0 Å². The van der Waals surface area contributed by atoms with Crippen molar-refractivity contribution in [3.8, 4) is 5.75 Å². The Kier molecular flexibility index (Phi) is 4.06. The summed E-state index contributed by atoms with van der Waals surface area (Å²) >= 11 is 6.36. The van der Waals surface area contributed by atoms with E-state index in [0.717, 1.165) is 16.7 Å². The van der Waals surface area contributed by atoms with Gasteiger partial charge in [0.25, 0.3) is 0 Å². The Morgan fingerprint density at radius 3 is 2.28 bits per heavy atom. The summed E-state index contributed by atoms with van der Waals surface area (Å²) in [7, 11) is 0. The Bertz CT molecular complexity index is 517. The summed E-state index contributed by atoms with van der Waals surface area (Å²) in [4.78, 5) is 0. The minimum Gasteiger partial charge on any atom is -0.508 e. The zero-order valence-corrected chi connectivity index (χ0v) is 10.8. The van der Waals surface area contributed by atoms with Crippen molar-refractivity contribution in [3.63, 3.8) is 0 Å². The van der Waals surface area contributed by atoms with Crippen LogP contribution in [0.15, 0.2) is 61.2 Å². The van der Waals surface area contributed by atoms with Gasteiger partial charge < -0.3 is 5.11 Å². The summed E-state index contributed by atoms with van der Waals surface area (Å²) in [6.07, 6.45) is 0.691. The normalized spacial score (nSPS) is 12.1. The molecule has 0 saturated carbocycles. The summed E-state index contributed by atoms with van der Waals surface area (Å²) in [5, 5.41) is 9.11. The Labute approximate surface area is 112 Å². The predicted molar refractivity (Wildman–Crippen MR) is 76.8 cm³/mol. The molecule has 2 aromatic rings. The van der Waals surface area contributed by atoms with Gasteiger partial charge in [-0.25, -0.2) is 0 Å². The van der Waals surface area contributed by atoms with Gasteiger partial charge in [0.05, 0.1) is 5.38 Å². The van der Waals surface area contributed by atoms with Crippen LogP contribution in [0.5, 0.6) is 5.75 Å². The molecule has 0 bridgehead atoms. The Hall–Kier alpha value is -1.73. The number of allylic oxidation sites excluding steroid dienone is 1. The number of hydrogen-bond donors (Lipinski definition) is 1. The summed E-state index contributed by atoms with van der Waals surface area (Å²) in [5.41, 5.74) is 3.12. The maximum Gasteiger partial charge on any atom is 0.115 e. The first-order valence-corrected chi connectivity index (χ1v) is 6.26. The van der Waals surface area contributed by atoms with Crippen molar-refractivity contribution in [1.82, 2.24) is 0 Å². The van der Waals surface area contributed by atoms with Crippen LogP contribution in [0.25, 0.3) is 5.57 Å². The van der Waals surface area contributed by atoms with Crippen molar-refractivity contribution in [1.29, 1.82) is 0 Å². The van der Waals surface area contributed by atoms with Crippen molar-refractivity contribution in [2.45, 2.75) is 11.8 Å².